The molecule has 11 heteroatoms. The molecule has 0 saturated carbocycles. The molecule has 27 heavy (non-hydrogen) atoms. The largest absolute Gasteiger partial charge is 0.416 e. The van der Waals surface area contributed by atoms with Crippen LogP contribution in [0.1, 0.15) is 16.7 Å². The van der Waals surface area contributed by atoms with E-state index in [0.29, 0.717) is 11.1 Å². The summed E-state index contributed by atoms with van der Waals surface area (Å²) < 4.78 is 51.0. The van der Waals surface area contributed by atoms with Crippen molar-refractivity contribution in [2.75, 3.05) is 0 Å². The minimum Gasteiger partial charge on any atom is -0.367 e. The Kier molecular flexibility index (Phi) is 8.20. The molecule has 3 N–H and O–H groups in total. The first-order valence-corrected chi connectivity index (χ1v) is 7.41. The van der Waals surface area contributed by atoms with Crippen molar-refractivity contribution in [3.8, 4) is 0 Å². The third kappa shape index (κ3) is 7.24. The fourth-order valence-corrected chi connectivity index (χ4v) is 1.83. The third-order valence-electron chi connectivity index (χ3n) is 2.95. The van der Waals surface area contributed by atoms with Gasteiger partial charge in [0.2, 0.25) is 5.96 Å². The van der Waals surface area contributed by atoms with E-state index in [9.17, 15) is 17.6 Å². The minimum absolute atomic E-state index is 0. The molecule has 0 bridgehead atoms. The molecule has 0 unspecified atom stereocenters. The van der Waals surface area contributed by atoms with Gasteiger partial charge in [0.15, 0.2) is 0 Å². The zero-order valence-electron chi connectivity index (χ0n) is 13.4. The average Bonchev–Trinajstić information content (AvgIpc) is 2.57. The van der Waals surface area contributed by atoms with Crippen LogP contribution in [0.2, 0.25) is 5.02 Å². The lowest BCUT2D eigenvalue weighted by molar-refractivity contribution is -0.137. The first-order chi connectivity index (χ1) is 12.3. The summed E-state index contributed by atoms with van der Waals surface area (Å²) >= 11 is 5.75. The van der Waals surface area contributed by atoms with E-state index in [4.69, 9.17) is 17.3 Å². The highest BCUT2D eigenvalue weighted by atomic mass is 35.5. The second-order valence-electron chi connectivity index (χ2n) is 4.89. The Morgan fingerprint density at radius 2 is 1.74 bits per heavy atom. The molecule has 0 aliphatic carbocycles. The summed E-state index contributed by atoms with van der Waals surface area (Å²) in [5.74, 6) is -1.27. The van der Waals surface area contributed by atoms with Crippen LogP contribution >= 0.6 is 24.0 Å². The Hall–Kier alpha value is -2.65. The number of guanidine groups is 1. The smallest absolute Gasteiger partial charge is 0.367 e. The maximum Gasteiger partial charge on any atom is 0.416 e. The number of halogens is 6. The SMILES string of the molecule is Cl.NC(=NN=Cc1ccc(C(F)(F)F)cc1F)NN=Cc1ccc(Cl)cc1. The fraction of sp³-hybridized carbons (Fsp3) is 0.0625. The van der Waals surface area contributed by atoms with Crippen LogP contribution in [0.25, 0.3) is 0 Å². The van der Waals surface area contributed by atoms with Gasteiger partial charge in [0, 0.05) is 10.6 Å². The fourth-order valence-electron chi connectivity index (χ4n) is 1.71. The molecule has 0 heterocycles. The molecular formula is C16H13Cl2F4N5. The zero-order valence-corrected chi connectivity index (χ0v) is 15.0. The van der Waals surface area contributed by atoms with Gasteiger partial charge in [-0.15, -0.1) is 17.5 Å². The van der Waals surface area contributed by atoms with Gasteiger partial charge in [-0.2, -0.15) is 23.4 Å². The zero-order chi connectivity index (χ0) is 19.2. The van der Waals surface area contributed by atoms with Crippen LogP contribution in [0.4, 0.5) is 17.6 Å². The van der Waals surface area contributed by atoms with Gasteiger partial charge in [0.1, 0.15) is 5.82 Å². The number of hydrazone groups is 1. The number of nitrogens with one attached hydrogen (secondary N) is 1. The Morgan fingerprint density at radius 3 is 2.33 bits per heavy atom. The molecule has 0 radical (unpaired) electrons. The predicted octanol–water partition coefficient (Wildman–Crippen LogP) is 4.19. The van der Waals surface area contributed by atoms with Crippen LogP contribution in [-0.4, -0.2) is 18.4 Å². The highest BCUT2D eigenvalue weighted by Crippen LogP contribution is 2.29. The summed E-state index contributed by atoms with van der Waals surface area (Å²) in [6.07, 6.45) is -2.23. The van der Waals surface area contributed by atoms with E-state index >= 15 is 0 Å². The number of hydrogen-bond acceptors (Lipinski definition) is 3. The maximum atomic E-state index is 13.6. The number of rotatable bonds is 4. The molecule has 144 valence electrons. The van der Waals surface area contributed by atoms with Crippen molar-refractivity contribution in [1.29, 1.82) is 0 Å². The number of benzene rings is 2. The minimum atomic E-state index is -4.62. The van der Waals surface area contributed by atoms with E-state index in [0.717, 1.165) is 23.9 Å². The number of alkyl halides is 3. The van der Waals surface area contributed by atoms with Crippen molar-refractivity contribution in [2.24, 2.45) is 21.0 Å². The maximum absolute atomic E-state index is 13.6. The number of nitrogens with two attached hydrogens (primary N) is 1. The highest BCUT2D eigenvalue weighted by molar-refractivity contribution is 6.30. The van der Waals surface area contributed by atoms with Crippen LogP contribution in [-0.2, 0) is 6.18 Å². The van der Waals surface area contributed by atoms with Crippen LogP contribution < -0.4 is 11.2 Å². The van der Waals surface area contributed by atoms with E-state index in [2.05, 4.69) is 20.7 Å². The Bertz CT molecular complexity index is 849. The van der Waals surface area contributed by atoms with Gasteiger partial charge in [-0.25, -0.2) is 9.82 Å². The van der Waals surface area contributed by atoms with Gasteiger partial charge in [-0.1, -0.05) is 23.7 Å². The lowest BCUT2D eigenvalue weighted by Gasteiger charge is -2.06. The average molecular weight is 422 g/mol. The van der Waals surface area contributed by atoms with Crippen molar-refractivity contribution < 1.29 is 17.6 Å². The predicted molar refractivity (Wildman–Crippen MR) is 100 cm³/mol. The van der Waals surface area contributed by atoms with Gasteiger partial charge in [0.05, 0.1) is 18.0 Å². The molecule has 0 aliphatic heterocycles. The molecule has 0 aromatic heterocycles. The Labute approximate surface area is 163 Å². The van der Waals surface area contributed by atoms with Gasteiger partial charge >= 0.3 is 6.18 Å². The number of nitrogens with zero attached hydrogens (tertiary/aromatic N) is 3. The van der Waals surface area contributed by atoms with Crippen LogP contribution in [0.3, 0.4) is 0 Å². The molecule has 0 aliphatic rings. The van der Waals surface area contributed by atoms with Crippen LogP contribution in [0.5, 0.6) is 0 Å². The van der Waals surface area contributed by atoms with Crippen LogP contribution in [0, 0.1) is 5.82 Å². The molecule has 2 rings (SSSR count). The van der Waals surface area contributed by atoms with E-state index in [1.165, 1.54) is 6.21 Å². The summed E-state index contributed by atoms with van der Waals surface area (Å²) in [6, 6.07) is 8.89. The van der Waals surface area contributed by atoms with E-state index in [-0.39, 0.29) is 23.9 Å². The molecule has 2 aromatic rings. The van der Waals surface area contributed by atoms with Crippen molar-refractivity contribution >= 4 is 42.4 Å². The first-order valence-electron chi connectivity index (χ1n) is 7.03. The van der Waals surface area contributed by atoms with Crippen molar-refractivity contribution in [3.63, 3.8) is 0 Å². The third-order valence-corrected chi connectivity index (χ3v) is 3.20. The van der Waals surface area contributed by atoms with Crippen molar-refractivity contribution in [2.45, 2.75) is 6.18 Å². The molecule has 0 amide bonds. The second-order valence-corrected chi connectivity index (χ2v) is 5.32. The highest BCUT2D eigenvalue weighted by Gasteiger charge is 2.30. The van der Waals surface area contributed by atoms with Crippen molar-refractivity contribution in [1.82, 2.24) is 5.43 Å². The topological polar surface area (TPSA) is 75.1 Å². The Morgan fingerprint density at radius 1 is 1.07 bits per heavy atom. The monoisotopic (exact) mass is 421 g/mol. The summed E-state index contributed by atoms with van der Waals surface area (Å²) in [5.41, 5.74) is 7.37. The lowest BCUT2D eigenvalue weighted by atomic mass is 10.1. The second kappa shape index (κ2) is 9.89. The quantitative estimate of drug-likeness (QED) is 0.336. The number of hydrogen-bond donors (Lipinski definition) is 2. The summed E-state index contributed by atoms with van der Waals surface area (Å²) in [7, 11) is 0. The summed E-state index contributed by atoms with van der Waals surface area (Å²) in [4.78, 5) is 0. The molecule has 0 saturated heterocycles. The van der Waals surface area contributed by atoms with Crippen LogP contribution in [0.15, 0.2) is 57.8 Å². The molecule has 0 fully saturated rings. The van der Waals surface area contributed by atoms with Gasteiger partial charge in [0.25, 0.3) is 0 Å². The normalized spacial score (nSPS) is 12.4. The van der Waals surface area contributed by atoms with E-state index < -0.39 is 17.6 Å². The lowest BCUT2D eigenvalue weighted by Crippen LogP contribution is -2.26. The molecule has 0 spiro atoms. The summed E-state index contributed by atoms with van der Waals surface area (Å²) in [6.45, 7) is 0. The summed E-state index contributed by atoms with van der Waals surface area (Å²) in [5, 5.41) is 11.4. The van der Waals surface area contributed by atoms with Gasteiger partial charge in [-0.05, 0) is 35.9 Å². The van der Waals surface area contributed by atoms with Gasteiger partial charge < -0.3 is 5.73 Å². The molecule has 0 atom stereocenters. The molecular weight excluding hydrogens is 409 g/mol. The molecule has 2 aromatic carbocycles. The molecule has 5 nitrogen and oxygen atoms in total. The first kappa shape index (κ1) is 22.4. The standard InChI is InChI=1S/C16H12ClF4N5.ClH/c17-13-5-1-10(2-6-13)8-23-25-15(22)26-24-9-11-3-4-12(7-14(11)18)16(19,20)21;/h1-9H,(H3,22,25,26);1H. The van der Waals surface area contributed by atoms with E-state index in [1.54, 1.807) is 24.3 Å². The van der Waals surface area contributed by atoms with Crippen molar-refractivity contribution in [3.05, 3.63) is 70.0 Å². The van der Waals surface area contributed by atoms with E-state index in [1.807, 2.05) is 0 Å². The Balaban J connectivity index is 0.00000364. The van der Waals surface area contributed by atoms with Gasteiger partial charge in [-0.3, -0.25) is 0 Å².